The molecule has 6 nitrogen and oxygen atoms in total. The number of anilines is 1. The Kier molecular flexibility index (Phi) is 4.49. The van der Waals surface area contributed by atoms with Crippen LogP contribution in [-0.2, 0) is 9.53 Å². The third-order valence-corrected chi connectivity index (χ3v) is 4.18. The van der Waals surface area contributed by atoms with Gasteiger partial charge in [0.25, 0.3) is 0 Å². The molecule has 0 spiro atoms. The maximum atomic E-state index is 12.1. The van der Waals surface area contributed by atoms with Gasteiger partial charge in [-0.25, -0.2) is 0 Å². The summed E-state index contributed by atoms with van der Waals surface area (Å²) in [5.41, 5.74) is 6.48. The molecule has 6 heteroatoms. The molecule has 1 saturated heterocycles. The molecule has 0 radical (unpaired) electrons. The molecule has 0 aliphatic carbocycles. The number of hydrogen-bond donors (Lipinski definition) is 1. The third-order valence-electron chi connectivity index (χ3n) is 4.18. The molecule has 2 heterocycles. The van der Waals surface area contributed by atoms with Crippen LogP contribution in [0.4, 0.5) is 5.69 Å². The van der Waals surface area contributed by atoms with E-state index in [1.807, 2.05) is 18.2 Å². The van der Waals surface area contributed by atoms with Crippen molar-refractivity contribution in [2.45, 2.75) is 18.9 Å². The minimum absolute atomic E-state index is 0.152. The van der Waals surface area contributed by atoms with Gasteiger partial charge in [0.05, 0.1) is 12.3 Å². The van der Waals surface area contributed by atoms with E-state index in [0.717, 1.165) is 31.8 Å². The summed E-state index contributed by atoms with van der Waals surface area (Å²) in [5.74, 6) is 1.77. The predicted molar refractivity (Wildman–Crippen MR) is 82.4 cm³/mol. The summed E-state index contributed by atoms with van der Waals surface area (Å²) in [6, 6.07) is 4.90. The second-order valence-electron chi connectivity index (χ2n) is 5.81. The SMILES string of the molecule is CN1C(=O)[C@@H](N)COc2ccc(OCC3CCOCC3)cc21. The van der Waals surface area contributed by atoms with Crippen molar-refractivity contribution < 1.29 is 19.0 Å². The van der Waals surface area contributed by atoms with Gasteiger partial charge in [-0.15, -0.1) is 0 Å². The zero-order valence-electron chi connectivity index (χ0n) is 12.8. The Morgan fingerprint density at radius 3 is 2.91 bits per heavy atom. The van der Waals surface area contributed by atoms with E-state index in [0.29, 0.717) is 24.0 Å². The molecule has 1 amide bonds. The summed E-state index contributed by atoms with van der Waals surface area (Å²) in [4.78, 5) is 13.6. The van der Waals surface area contributed by atoms with Gasteiger partial charge in [0.2, 0.25) is 5.91 Å². The number of ether oxygens (including phenoxy) is 3. The Balaban J connectivity index is 1.71. The summed E-state index contributed by atoms with van der Waals surface area (Å²) in [5, 5.41) is 0. The fourth-order valence-electron chi connectivity index (χ4n) is 2.72. The minimum Gasteiger partial charge on any atom is -0.493 e. The highest BCUT2D eigenvalue weighted by atomic mass is 16.5. The lowest BCUT2D eigenvalue weighted by molar-refractivity contribution is -0.119. The van der Waals surface area contributed by atoms with E-state index in [2.05, 4.69) is 0 Å². The van der Waals surface area contributed by atoms with Crippen LogP contribution in [0.5, 0.6) is 11.5 Å². The van der Waals surface area contributed by atoms with Gasteiger partial charge < -0.3 is 24.8 Å². The van der Waals surface area contributed by atoms with Crippen molar-refractivity contribution in [1.82, 2.24) is 0 Å². The van der Waals surface area contributed by atoms with Crippen LogP contribution < -0.4 is 20.1 Å². The van der Waals surface area contributed by atoms with Gasteiger partial charge in [0.1, 0.15) is 24.1 Å². The summed E-state index contributed by atoms with van der Waals surface area (Å²) >= 11 is 0. The topological polar surface area (TPSA) is 74.0 Å². The molecular weight excluding hydrogens is 284 g/mol. The maximum Gasteiger partial charge on any atom is 0.247 e. The first-order chi connectivity index (χ1) is 10.6. The van der Waals surface area contributed by atoms with Gasteiger partial charge in [-0.05, 0) is 30.9 Å². The van der Waals surface area contributed by atoms with E-state index in [4.69, 9.17) is 19.9 Å². The maximum absolute atomic E-state index is 12.1. The standard InChI is InChI=1S/C16H22N2O4/c1-18-14-8-12(21-9-11-4-6-20-7-5-11)2-3-15(14)22-10-13(17)16(18)19/h2-3,8,11,13H,4-7,9-10,17H2,1H3/t13-/m0/s1. The van der Waals surface area contributed by atoms with Crippen molar-refractivity contribution in [2.24, 2.45) is 11.7 Å². The van der Waals surface area contributed by atoms with Crippen LogP contribution >= 0.6 is 0 Å². The molecule has 1 fully saturated rings. The number of rotatable bonds is 3. The van der Waals surface area contributed by atoms with E-state index in [-0.39, 0.29) is 12.5 Å². The van der Waals surface area contributed by atoms with E-state index in [1.165, 1.54) is 4.90 Å². The average Bonchev–Trinajstić information content (AvgIpc) is 2.66. The summed E-state index contributed by atoms with van der Waals surface area (Å²) in [6.45, 7) is 2.47. The summed E-state index contributed by atoms with van der Waals surface area (Å²) < 4.78 is 16.8. The van der Waals surface area contributed by atoms with Gasteiger partial charge in [0.15, 0.2) is 0 Å². The van der Waals surface area contributed by atoms with Crippen molar-refractivity contribution in [2.75, 3.05) is 38.4 Å². The van der Waals surface area contributed by atoms with Crippen LogP contribution in [0.2, 0.25) is 0 Å². The molecule has 0 saturated carbocycles. The third kappa shape index (κ3) is 3.18. The number of likely N-dealkylation sites (N-methyl/N-ethyl adjacent to an activating group) is 1. The lowest BCUT2D eigenvalue weighted by atomic mass is 10.0. The second kappa shape index (κ2) is 6.54. The van der Waals surface area contributed by atoms with Crippen molar-refractivity contribution in [3.05, 3.63) is 18.2 Å². The van der Waals surface area contributed by atoms with Crippen molar-refractivity contribution in [1.29, 1.82) is 0 Å². The van der Waals surface area contributed by atoms with Gasteiger partial charge in [-0.3, -0.25) is 4.79 Å². The Morgan fingerprint density at radius 1 is 1.36 bits per heavy atom. The zero-order valence-corrected chi connectivity index (χ0v) is 12.8. The number of fused-ring (bicyclic) bond motifs is 1. The van der Waals surface area contributed by atoms with Gasteiger partial charge >= 0.3 is 0 Å². The van der Waals surface area contributed by atoms with E-state index >= 15 is 0 Å². The smallest absolute Gasteiger partial charge is 0.247 e. The number of hydrogen-bond acceptors (Lipinski definition) is 5. The Morgan fingerprint density at radius 2 is 2.14 bits per heavy atom. The lowest BCUT2D eigenvalue weighted by Crippen LogP contribution is -2.43. The number of nitrogens with zero attached hydrogens (tertiary/aromatic N) is 1. The number of amides is 1. The van der Waals surface area contributed by atoms with Gasteiger partial charge in [0, 0.05) is 26.3 Å². The number of benzene rings is 1. The quantitative estimate of drug-likeness (QED) is 0.907. The second-order valence-corrected chi connectivity index (χ2v) is 5.81. The lowest BCUT2D eigenvalue weighted by Gasteiger charge is -2.23. The Bertz CT molecular complexity index is 543. The molecule has 120 valence electrons. The molecule has 2 aliphatic rings. The number of carbonyl (C=O) groups is 1. The fourth-order valence-corrected chi connectivity index (χ4v) is 2.72. The van der Waals surface area contributed by atoms with Crippen LogP contribution in [0.25, 0.3) is 0 Å². The number of nitrogens with two attached hydrogens (primary N) is 1. The highest BCUT2D eigenvalue weighted by Gasteiger charge is 2.27. The molecule has 1 atom stereocenters. The molecule has 1 aromatic rings. The van der Waals surface area contributed by atoms with Crippen molar-refractivity contribution in [3.63, 3.8) is 0 Å². The first-order valence-corrected chi connectivity index (χ1v) is 7.65. The largest absolute Gasteiger partial charge is 0.493 e. The molecule has 3 rings (SSSR count). The number of carbonyl (C=O) groups excluding carboxylic acids is 1. The minimum atomic E-state index is -0.635. The first kappa shape index (κ1) is 15.1. The average molecular weight is 306 g/mol. The first-order valence-electron chi connectivity index (χ1n) is 7.65. The molecule has 22 heavy (non-hydrogen) atoms. The normalized spacial score (nSPS) is 22.7. The van der Waals surface area contributed by atoms with Gasteiger partial charge in [-0.1, -0.05) is 0 Å². The van der Waals surface area contributed by atoms with Gasteiger partial charge in [-0.2, -0.15) is 0 Å². The Hall–Kier alpha value is -1.79. The van der Waals surface area contributed by atoms with E-state index in [9.17, 15) is 4.79 Å². The van der Waals surface area contributed by atoms with Crippen molar-refractivity contribution in [3.8, 4) is 11.5 Å². The van der Waals surface area contributed by atoms with Crippen LogP contribution in [0, 0.1) is 5.92 Å². The summed E-state index contributed by atoms with van der Waals surface area (Å²) in [7, 11) is 1.71. The van der Waals surface area contributed by atoms with Crippen LogP contribution in [0.15, 0.2) is 18.2 Å². The van der Waals surface area contributed by atoms with Crippen LogP contribution in [-0.4, -0.2) is 45.4 Å². The Labute approximate surface area is 130 Å². The van der Waals surface area contributed by atoms with Crippen LogP contribution in [0.3, 0.4) is 0 Å². The molecule has 0 bridgehead atoms. The zero-order chi connectivity index (χ0) is 15.5. The highest BCUT2D eigenvalue weighted by Crippen LogP contribution is 2.34. The van der Waals surface area contributed by atoms with Crippen LogP contribution in [0.1, 0.15) is 12.8 Å². The highest BCUT2D eigenvalue weighted by molar-refractivity contribution is 5.98. The monoisotopic (exact) mass is 306 g/mol. The molecule has 0 aromatic heterocycles. The fraction of sp³-hybridized carbons (Fsp3) is 0.562. The molecule has 0 unspecified atom stereocenters. The van der Waals surface area contributed by atoms with E-state index in [1.54, 1.807) is 7.05 Å². The van der Waals surface area contributed by atoms with E-state index < -0.39 is 6.04 Å². The van der Waals surface area contributed by atoms with Crippen molar-refractivity contribution >= 4 is 11.6 Å². The molecule has 1 aromatic carbocycles. The summed E-state index contributed by atoms with van der Waals surface area (Å²) in [6.07, 6.45) is 2.06. The molecule has 2 aliphatic heterocycles. The molecular formula is C16H22N2O4. The predicted octanol–water partition coefficient (Wildman–Crippen LogP) is 1.17. The molecule has 2 N–H and O–H groups in total.